The monoisotopic (exact) mass is 481 g/mol. The summed E-state index contributed by atoms with van der Waals surface area (Å²) in [7, 11) is 3.02. The molecule has 1 N–H and O–H groups in total. The van der Waals surface area contributed by atoms with Crippen molar-refractivity contribution in [3.05, 3.63) is 83.4 Å². The molecule has 0 saturated carbocycles. The molecule has 0 aromatic heterocycles. The number of rotatable bonds is 7. The van der Waals surface area contributed by atoms with E-state index in [4.69, 9.17) is 9.47 Å². The summed E-state index contributed by atoms with van der Waals surface area (Å²) >= 11 is 0. The highest BCUT2D eigenvalue weighted by atomic mass is 19.2. The van der Waals surface area contributed by atoms with Crippen LogP contribution < -0.4 is 19.7 Å². The Labute approximate surface area is 201 Å². The van der Waals surface area contributed by atoms with Gasteiger partial charge in [0.05, 0.1) is 14.2 Å². The van der Waals surface area contributed by atoms with Crippen molar-refractivity contribution in [2.45, 2.75) is 13.0 Å². The highest BCUT2D eigenvalue weighted by Crippen LogP contribution is 2.28. The van der Waals surface area contributed by atoms with E-state index in [-0.39, 0.29) is 18.5 Å². The molecule has 1 saturated heterocycles. The molecule has 1 heterocycles. The molecule has 0 aliphatic carbocycles. The normalized spacial score (nSPS) is 13.5. The van der Waals surface area contributed by atoms with Crippen LogP contribution in [0.15, 0.2) is 60.7 Å². The van der Waals surface area contributed by atoms with Gasteiger partial charge in [0.15, 0.2) is 23.1 Å². The fourth-order valence-corrected chi connectivity index (χ4v) is 3.93. The van der Waals surface area contributed by atoms with Crippen LogP contribution >= 0.6 is 0 Å². The van der Waals surface area contributed by atoms with E-state index in [2.05, 4.69) is 5.32 Å². The summed E-state index contributed by atoms with van der Waals surface area (Å²) in [5, 5.41) is 2.82. The number of methoxy groups -OCH3 is 2. The Morgan fingerprint density at radius 2 is 1.66 bits per heavy atom. The predicted molar refractivity (Wildman–Crippen MR) is 128 cm³/mol. The van der Waals surface area contributed by atoms with Crippen molar-refractivity contribution in [3.8, 4) is 11.5 Å². The number of halogens is 2. The number of ether oxygens (including phenoxy) is 2. The quantitative estimate of drug-likeness (QED) is 0.512. The van der Waals surface area contributed by atoms with Gasteiger partial charge in [-0.3, -0.25) is 9.69 Å². The zero-order valence-electron chi connectivity index (χ0n) is 19.4. The van der Waals surface area contributed by atoms with Gasteiger partial charge in [-0.25, -0.2) is 13.6 Å². The van der Waals surface area contributed by atoms with Crippen molar-refractivity contribution in [2.75, 3.05) is 37.5 Å². The first-order valence-electron chi connectivity index (χ1n) is 11.0. The lowest BCUT2D eigenvalue weighted by Gasteiger charge is -2.35. The Morgan fingerprint density at radius 1 is 0.914 bits per heavy atom. The Kier molecular flexibility index (Phi) is 7.14. The summed E-state index contributed by atoms with van der Waals surface area (Å²) in [5.74, 6) is -1.19. The third kappa shape index (κ3) is 5.34. The second-order valence-electron chi connectivity index (χ2n) is 8.03. The Hall–Kier alpha value is -4.14. The molecular formula is C26H25F2N3O4. The van der Waals surface area contributed by atoms with Gasteiger partial charge in [0, 0.05) is 36.6 Å². The standard InChI is InChI=1S/C26H25F2N3O4/c1-34-23-11-5-18(15-24(23)35-2)25(32)29-19-6-8-20(9-7-19)31-13-3-12-30(26(31)33)16-17-4-10-21(27)22(28)14-17/h4-11,14-15H,3,12-13,16H2,1-2H3,(H,29,32). The van der Waals surface area contributed by atoms with E-state index < -0.39 is 11.6 Å². The van der Waals surface area contributed by atoms with Crippen LogP contribution in [-0.2, 0) is 6.54 Å². The predicted octanol–water partition coefficient (Wildman–Crippen LogP) is 5.07. The molecule has 7 nitrogen and oxygen atoms in total. The maximum absolute atomic E-state index is 13.6. The summed E-state index contributed by atoms with van der Waals surface area (Å²) in [4.78, 5) is 28.9. The zero-order valence-corrected chi connectivity index (χ0v) is 19.4. The summed E-state index contributed by atoms with van der Waals surface area (Å²) in [5.41, 5.74) is 2.17. The summed E-state index contributed by atoms with van der Waals surface area (Å²) < 4.78 is 37.2. The largest absolute Gasteiger partial charge is 0.493 e. The third-order valence-electron chi connectivity index (χ3n) is 5.75. The number of nitrogens with zero attached hydrogens (tertiary/aromatic N) is 2. The molecule has 0 atom stereocenters. The fourth-order valence-electron chi connectivity index (χ4n) is 3.93. The number of benzene rings is 3. The van der Waals surface area contributed by atoms with Crippen molar-refractivity contribution >= 4 is 23.3 Å². The minimum Gasteiger partial charge on any atom is -0.493 e. The minimum atomic E-state index is -0.936. The van der Waals surface area contributed by atoms with Crippen LogP contribution in [0.5, 0.6) is 11.5 Å². The molecule has 0 unspecified atom stereocenters. The average Bonchev–Trinajstić information content (AvgIpc) is 2.87. The molecule has 3 aromatic rings. The van der Waals surface area contributed by atoms with Crippen molar-refractivity contribution < 1.29 is 27.8 Å². The molecule has 1 aliphatic heterocycles. The van der Waals surface area contributed by atoms with Crippen LogP contribution in [0.2, 0.25) is 0 Å². The Bertz CT molecular complexity index is 1230. The van der Waals surface area contributed by atoms with Crippen LogP contribution in [0.25, 0.3) is 0 Å². The van der Waals surface area contributed by atoms with Gasteiger partial charge in [-0.1, -0.05) is 6.07 Å². The highest BCUT2D eigenvalue weighted by Gasteiger charge is 2.27. The highest BCUT2D eigenvalue weighted by molar-refractivity contribution is 6.05. The minimum absolute atomic E-state index is 0.187. The van der Waals surface area contributed by atoms with Crippen LogP contribution in [0.1, 0.15) is 22.3 Å². The maximum Gasteiger partial charge on any atom is 0.324 e. The van der Waals surface area contributed by atoms with Gasteiger partial charge in [0.2, 0.25) is 0 Å². The number of carbonyl (C=O) groups excluding carboxylic acids is 2. The van der Waals surface area contributed by atoms with E-state index in [1.54, 1.807) is 52.3 Å². The van der Waals surface area contributed by atoms with Crippen molar-refractivity contribution in [1.29, 1.82) is 0 Å². The van der Waals surface area contributed by atoms with Gasteiger partial charge in [0.25, 0.3) is 5.91 Å². The zero-order chi connectivity index (χ0) is 24.9. The molecule has 4 rings (SSSR count). The molecule has 1 aliphatic rings. The van der Waals surface area contributed by atoms with E-state index in [1.807, 2.05) is 0 Å². The van der Waals surface area contributed by atoms with Gasteiger partial charge in [0.1, 0.15) is 0 Å². The first-order chi connectivity index (χ1) is 16.9. The molecule has 35 heavy (non-hydrogen) atoms. The molecule has 182 valence electrons. The molecule has 9 heteroatoms. The summed E-state index contributed by atoms with van der Waals surface area (Å²) in [6.45, 7) is 1.24. The Balaban J connectivity index is 1.42. The van der Waals surface area contributed by atoms with Gasteiger partial charge in [-0.2, -0.15) is 0 Å². The number of urea groups is 1. The third-order valence-corrected chi connectivity index (χ3v) is 5.75. The second-order valence-corrected chi connectivity index (χ2v) is 8.03. The number of carbonyl (C=O) groups is 2. The molecule has 3 aromatic carbocycles. The van der Waals surface area contributed by atoms with Gasteiger partial charge in [-0.05, 0) is 66.6 Å². The average molecular weight is 481 g/mol. The number of hydrogen-bond donors (Lipinski definition) is 1. The number of amides is 3. The van der Waals surface area contributed by atoms with E-state index in [9.17, 15) is 18.4 Å². The lowest BCUT2D eigenvalue weighted by Crippen LogP contribution is -2.49. The van der Waals surface area contributed by atoms with E-state index in [0.29, 0.717) is 47.1 Å². The summed E-state index contributed by atoms with van der Waals surface area (Å²) in [6.07, 6.45) is 0.729. The van der Waals surface area contributed by atoms with E-state index >= 15 is 0 Å². The Morgan fingerprint density at radius 3 is 2.34 bits per heavy atom. The lowest BCUT2D eigenvalue weighted by molar-refractivity contribution is 0.102. The molecule has 3 amide bonds. The van der Waals surface area contributed by atoms with Gasteiger partial charge >= 0.3 is 6.03 Å². The first kappa shape index (κ1) is 24.0. The molecule has 1 fully saturated rings. The van der Waals surface area contributed by atoms with Crippen LogP contribution in [0.4, 0.5) is 25.0 Å². The van der Waals surface area contributed by atoms with Crippen molar-refractivity contribution in [3.63, 3.8) is 0 Å². The van der Waals surface area contributed by atoms with Gasteiger partial charge < -0.3 is 19.7 Å². The van der Waals surface area contributed by atoms with Crippen LogP contribution in [-0.4, -0.2) is 44.1 Å². The lowest BCUT2D eigenvalue weighted by atomic mass is 10.1. The smallest absolute Gasteiger partial charge is 0.324 e. The SMILES string of the molecule is COc1ccc(C(=O)Nc2ccc(N3CCCN(Cc4ccc(F)c(F)c4)C3=O)cc2)cc1OC. The topological polar surface area (TPSA) is 71.1 Å². The molecule has 0 spiro atoms. The molecule has 0 radical (unpaired) electrons. The van der Waals surface area contributed by atoms with E-state index in [1.165, 1.54) is 20.3 Å². The number of hydrogen-bond acceptors (Lipinski definition) is 4. The number of nitrogens with one attached hydrogen (secondary N) is 1. The second kappa shape index (κ2) is 10.4. The van der Waals surface area contributed by atoms with Crippen LogP contribution in [0, 0.1) is 11.6 Å². The fraction of sp³-hybridized carbons (Fsp3) is 0.231. The van der Waals surface area contributed by atoms with Crippen molar-refractivity contribution in [1.82, 2.24) is 4.90 Å². The van der Waals surface area contributed by atoms with E-state index in [0.717, 1.165) is 18.6 Å². The molecular weight excluding hydrogens is 456 g/mol. The van der Waals surface area contributed by atoms with Crippen LogP contribution in [0.3, 0.4) is 0 Å². The molecule has 0 bridgehead atoms. The first-order valence-corrected chi connectivity index (χ1v) is 11.0. The summed E-state index contributed by atoms with van der Waals surface area (Å²) in [6, 6.07) is 15.3. The van der Waals surface area contributed by atoms with Gasteiger partial charge in [-0.15, -0.1) is 0 Å². The van der Waals surface area contributed by atoms with Crippen molar-refractivity contribution in [2.24, 2.45) is 0 Å². The number of anilines is 2. The maximum atomic E-state index is 13.6.